The summed E-state index contributed by atoms with van der Waals surface area (Å²) in [6.45, 7) is 6.08. The van der Waals surface area contributed by atoms with E-state index >= 15 is 0 Å². The molecule has 0 aliphatic heterocycles. The van der Waals surface area contributed by atoms with Crippen LogP contribution in [-0.4, -0.2) is 36.3 Å². The van der Waals surface area contributed by atoms with E-state index in [1.54, 1.807) is 18.9 Å². The second-order valence-corrected chi connectivity index (χ2v) is 6.69. The molecule has 5 nitrogen and oxygen atoms in total. The standard InChI is InChI=1S/C22H29N3O2/c1-5-17-11-13-19(14-12-17)23-22(27)16(3)25(4)15-21(26)24-20-10-8-7-9-18(20)6-2/h7-14,16H,5-6,15H2,1-4H3,(H,23,27)(H,24,26)/t16-/m0/s1. The van der Waals surface area contributed by atoms with Crippen LogP contribution in [-0.2, 0) is 22.4 Å². The quantitative estimate of drug-likeness (QED) is 0.748. The van der Waals surface area contributed by atoms with Gasteiger partial charge in [0.15, 0.2) is 0 Å². The lowest BCUT2D eigenvalue weighted by Crippen LogP contribution is -2.43. The van der Waals surface area contributed by atoms with Crippen molar-refractivity contribution in [3.8, 4) is 0 Å². The van der Waals surface area contributed by atoms with Crippen LogP contribution in [0.1, 0.15) is 31.9 Å². The van der Waals surface area contributed by atoms with Gasteiger partial charge in [0.25, 0.3) is 0 Å². The third-order valence-corrected chi connectivity index (χ3v) is 4.74. The van der Waals surface area contributed by atoms with Gasteiger partial charge < -0.3 is 10.6 Å². The van der Waals surface area contributed by atoms with E-state index in [0.717, 1.165) is 29.8 Å². The number of carbonyl (C=O) groups is 2. The van der Waals surface area contributed by atoms with Gasteiger partial charge in [-0.1, -0.05) is 44.2 Å². The second-order valence-electron chi connectivity index (χ2n) is 6.69. The highest BCUT2D eigenvalue weighted by Gasteiger charge is 2.20. The van der Waals surface area contributed by atoms with Crippen molar-refractivity contribution in [3.05, 3.63) is 59.7 Å². The van der Waals surface area contributed by atoms with Crippen LogP contribution in [0.5, 0.6) is 0 Å². The molecular formula is C22H29N3O2. The zero-order valence-corrected chi connectivity index (χ0v) is 16.6. The van der Waals surface area contributed by atoms with E-state index in [1.165, 1.54) is 5.56 Å². The number of anilines is 2. The van der Waals surface area contributed by atoms with Gasteiger partial charge in [0, 0.05) is 11.4 Å². The van der Waals surface area contributed by atoms with Gasteiger partial charge in [-0.05, 0) is 56.1 Å². The van der Waals surface area contributed by atoms with Crippen molar-refractivity contribution < 1.29 is 9.59 Å². The Morgan fingerprint density at radius 1 is 0.963 bits per heavy atom. The highest BCUT2D eigenvalue weighted by molar-refractivity contribution is 5.96. The van der Waals surface area contributed by atoms with Gasteiger partial charge in [-0.25, -0.2) is 0 Å². The number of likely N-dealkylation sites (N-methyl/N-ethyl adjacent to an activating group) is 1. The lowest BCUT2D eigenvalue weighted by molar-refractivity contribution is -0.122. The molecule has 0 radical (unpaired) electrons. The Balaban J connectivity index is 1.90. The van der Waals surface area contributed by atoms with Crippen LogP contribution in [0.2, 0.25) is 0 Å². The summed E-state index contributed by atoms with van der Waals surface area (Å²) in [6, 6.07) is 15.1. The van der Waals surface area contributed by atoms with E-state index < -0.39 is 6.04 Å². The van der Waals surface area contributed by atoms with Crippen LogP contribution in [0.3, 0.4) is 0 Å². The van der Waals surface area contributed by atoms with Gasteiger partial charge in [0.05, 0.1) is 12.6 Å². The molecule has 2 aromatic carbocycles. The van der Waals surface area contributed by atoms with Gasteiger partial charge >= 0.3 is 0 Å². The maximum absolute atomic E-state index is 12.5. The summed E-state index contributed by atoms with van der Waals surface area (Å²) in [4.78, 5) is 26.6. The number of carbonyl (C=O) groups excluding carboxylic acids is 2. The molecule has 2 aromatic rings. The molecule has 2 rings (SSSR count). The molecule has 0 fully saturated rings. The predicted octanol–water partition coefficient (Wildman–Crippen LogP) is 3.71. The zero-order valence-electron chi connectivity index (χ0n) is 16.6. The molecule has 2 amide bonds. The largest absolute Gasteiger partial charge is 0.325 e. The number of amides is 2. The van der Waals surface area contributed by atoms with Crippen LogP contribution in [0.4, 0.5) is 11.4 Å². The monoisotopic (exact) mass is 367 g/mol. The lowest BCUT2D eigenvalue weighted by atomic mass is 10.1. The maximum atomic E-state index is 12.5. The van der Waals surface area contributed by atoms with Crippen molar-refractivity contribution in [2.24, 2.45) is 0 Å². The molecule has 0 saturated heterocycles. The first-order valence-corrected chi connectivity index (χ1v) is 9.42. The Morgan fingerprint density at radius 2 is 1.63 bits per heavy atom. The van der Waals surface area contributed by atoms with Crippen LogP contribution >= 0.6 is 0 Å². The Hall–Kier alpha value is -2.66. The highest BCUT2D eigenvalue weighted by atomic mass is 16.2. The number of hydrogen-bond acceptors (Lipinski definition) is 3. The van der Waals surface area contributed by atoms with E-state index in [1.807, 2.05) is 48.5 Å². The number of hydrogen-bond donors (Lipinski definition) is 2. The molecule has 5 heteroatoms. The summed E-state index contributed by atoms with van der Waals surface area (Å²) in [5.74, 6) is -0.270. The summed E-state index contributed by atoms with van der Waals surface area (Å²) < 4.78 is 0. The molecule has 2 N–H and O–H groups in total. The maximum Gasteiger partial charge on any atom is 0.241 e. The number of benzene rings is 2. The smallest absolute Gasteiger partial charge is 0.241 e. The molecule has 0 saturated carbocycles. The van der Waals surface area contributed by atoms with Crippen molar-refractivity contribution in [1.82, 2.24) is 4.90 Å². The average molecular weight is 367 g/mol. The van der Waals surface area contributed by atoms with Crippen LogP contribution in [0, 0.1) is 0 Å². The van der Waals surface area contributed by atoms with Gasteiger partial charge in [-0.15, -0.1) is 0 Å². The molecule has 0 unspecified atom stereocenters. The molecule has 0 spiro atoms. The third kappa shape index (κ3) is 5.93. The fraction of sp³-hybridized carbons (Fsp3) is 0.364. The molecule has 0 heterocycles. The normalized spacial score (nSPS) is 11.9. The van der Waals surface area contributed by atoms with Crippen molar-refractivity contribution >= 4 is 23.2 Å². The molecule has 0 aliphatic rings. The number of aryl methyl sites for hydroxylation is 2. The topological polar surface area (TPSA) is 61.4 Å². The van der Waals surface area contributed by atoms with E-state index in [2.05, 4.69) is 24.5 Å². The summed E-state index contributed by atoms with van der Waals surface area (Å²) in [5.41, 5.74) is 3.90. The molecular weight excluding hydrogens is 338 g/mol. The molecule has 0 aromatic heterocycles. The van der Waals surface area contributed by atoms with Crippen LogP contribution in [0.15, 0.2) is 48.5 Å². The first-order chi connectivity index (χ1) is 12.9. The number of nitrogens with one attached hydrogen (secondary N) is 2. The Morgan fingerprint density at radius 3 is 2.26 bits per heavy atom. The van der Waals surface area contributed by atoms with E-state index in [9.17, 15) is 9.59 Å². The van der Waals surface area contributed by atoms with Crippen LogP contribution < -0.4 is 10.6 Å². The Labute approximate surface area is 161 Å². The third-order valence-electron chi connectivity index (χ3n) is 4.74. The minimum Gasteiger partial charge on any atom is -0.325 e. The lowest BCUT2D eigenvalue weighted by Gasteiger charge is -2.23. The fourth-order valence-corrected chi connectivity index (χ4v) is 2.77. The molecule has 144 valence electrons. The number of rotatable bonds is 8. The fourth-order valence-electron chi connectivity index (χ4n) is 2.77. The molecule has 0 aliphatic carbocycles. The average Bonchev–Trinajstić information content (AvgIpc) is 2.68. The van der Waals surface area contributed by atoms with Crippen molar-refractivity contribution in [2.75, 3.05) is 24.2 Å². The summed E-state index contributed by atoms with van der Waals surface area (Å²) in [7, 11) is 1.77. The number of para-hydroxylation sites is 1. The van der Waals surface area contributed by atoms with Crippen molar-refractivity contribution in [2.45, 2.75) is 39.7 Å². The summed E-state index contributed by atoms with van der Waals surface area (Å²) >= 11 is 0. The number of nitrogens with zero attached hydrogens (tertiary/aromatic N) is 1. The minimum absolute atomic E-state index is 0.134. The van der Waals surface area contributed by atoms with Gasteiger partial charge in [0.1, 0.15) is 0 Å². The SMILES string of the molecule is CCc1ccc(NC(=O)[C@H](C)N(C)CC(=O)Nc2ccccc2CC)cc1. The van der Waals surface area contributed by atoms with Crippen LogP contribution in [0.25, 0.3) is 0 Å². The van der Waals surface area contributed by atoms with E-state index in [0.29, 0.717) is 0 Å². The van der Waals surface area contributed by atoms with Gasteiger partial charge in [-0.3, -0.25) is 14.5 Å². The minimum atomic E-state index is -0.428. The Bertz CT molecular complexity index is 771. The molecule has 27 heavy (non-hydrogen) atoms. The van der Waals surface area contributed by atoms with Crippen molar-refractivity contribution in [1.29, 1.82) is 0 Å². The first-order valence-electron chi connectivity index (χ1n) is 9.42. The zero-order chi connectivity index (χ0) is 19.8. The highest BCUT2D eigenvalue weighted by Crippen LogP contribution is 2.15. The predicted molar refractivity (Wildman–Crippen MR) is 111 cm³/mol. The molecule has 1 atom stereocenters. The summed E-state index contributed by atoms with van der Waals surface area (Å²) in [6.07, 6.45) is 1.81. The molecule has 0 bridgehead atoms. The van der Waals surface area contributed by atoms with Gasteiger partial charge in [-0.2, -0.15) is 0 Å². The van der Waals surface area contributed by atoms with Gasteiger partial charge in [0.2, 0.25) is 11.8 Å². The van der Waals surface area contributed by atoms with E-state index in [4.69, 9.17) is 0 Å². The Kier molecular flexibility index (Phi) is 7.55. The van der Waals surface area contributed by atoms with E-state index in [-0.39, 0.29) is 18.4 Å². The first kappa shape index (κ1) is 20.6. The summed E-state index contributed by atoms with van der Waals surface area (Å²) in [5, 5.41) is 5.84. The van der Waals surface area contributed by atoms with Crippen molar-refractivity contribution in [3.63, 3.8) is 0 Å². The second kappa shape index (κ2) is 9.88.